The SMILES string of the molecule is CC(C)C[C@H](NC(=O)[C@H](CC(C)C)NC(=O)[C@H](CC(C)C)NC(=O)[C@H](CCCCN)NC(=O)[C@H](CCCCN)NC(=O)[C@H](CCCCN)NC(=O)[C@@H](N)CCCCN)C(=O)N[C@@H](C)C(=O)N[C@@H](Cc1ccccc1)C(=O)N[C@@H](CC(C)C)C(=O)N[C@@H](Cc1ccccc1)C(=O)N[C@@H](Cc1ccccc1)C(=O)N[C@H](C(=O)O)C(C)C. The Labute approximate surface area is 673 Å². The van der Waals surface area contributed by atoms with Crippen molar-refractivity contribution in [3.05, 3.63) is 108 Å². The minimum Gasteiger partial charge on any atom is -0.480 e. The lowest BCUT2D eigenvalue weighted by Gasteiger charge is -2.29. The molecule has 0 saturated heterocycles. The molecule has 636 valence electrons. The zero-order valence-electron chi connectivity index (χ0n) is 69.0. The predicted molar refractivity (Wildman–Crippen MR) is 439 cm³/mol. The van der Waals surface area contributed by atoms with E-state index in [2.05, 4.69) is 63.8 Å². The number of amides is 12. The van der Waals surface area contributed by atoms with Gasteiger partial charge in [0.05, 0.1) is 6.04 Å². The number of hydrogen-bond donors (Lipinski definition) is 18. The van der Waals surface area contributed by atoms with Crippen molar-refractivity contribution in [2.24, 2.45) is 58.3 Å². The van der Waals surface area contributed by atoms with E-state index in [0.717, 1.165) is 0 Å². The maximum atomic E-state index is 14.8. The maximum Gasteiger partial charge on any atom is 0.326 e. The number of unbranched alkanes of at least 4 members (excludes halogenated alkanes) is 4. The van der Waals surface area contributed by atoms with E-state index in [1.54, 1.807) is 105 Å². The molecule has 12 amide bonds. The first-order chi connectivity index (χ1) is 54.1. The third-order valence-corrected chi connectivity index (χ3v) is 19.1. The number of benzene rings is 3. The number of rotatable bonds is 56. The van der Waals surface area contributed by atoms with Crippen molar-refractivity contribution in [1.29, 1.82) is 0 Å². The second-order valence-electron chi connectivity index (χ2n) is 31.7. The summed E-state index contributed by atoms with van der Waals surface area (Å²) in [4.78, 5) is 185. The smallest absolute Gasteiger partial charge is 0.326 e. The molecule has 31 nitrogen and oxygen atoms in total. The highest BCUT2D eigenvalue weighted by Crippen LogP contribution is 2.18. The Morgan fingerprint density at radius 3 is 0.781 bits per heavy atom. The van der Waals surface area contributed by atoms with Crippen LogP contribution in [-0.2, 0) is 81.6 Å². The Morgan fingerprint density at radius 2 is 0.509 bits per heavy atom. The van der Waals surface area contributed by atoms with Crippen molar-refractivity contribution in [2.75, 3.05) is 26.2 Å². The van der Waals surface area contributed by atoms with Gasteiger partial charge in [0.2, 0.25) is 70.9 Å². The first-order valence-electron chi connectivity index (χ1n) is 40.7. The lowest BCUT2D eigenvalue weighted by molar-refractivity contribution is -0.143. The number of carbonyl (C=O) groups is 13. The Kier molecular flexibility index (Phi) is 46.4. The van der Waals surface area contributed by atoms with Gasteiger partial charge in [-0.3, -0.25) is 57.5 Å². The number of nitrogens with two attached hydrogens (primary N) is 5. The maximum absolute atomic E-state index is 14.8. The van der Waals surface area contributed by atoms with Crippen LogP contribution >= 0.6 is 0 Å². The highest BCUT2D eigenvalue weighted by atomic mass is 16.4. The molecular formula is C83H135N17O14. The van der Waals surface area contributed by atoms with Crippen molar-refractivity contribution < 1.29 is 67.4 Å². The number of carboxylic acids is 1. The van der Waals surface area contributed by atoms with Crippen LogP contribution in [0.25, 0.3) is 0 Å². The molecule has 31 heteroatoms. The van der Waals surface area contributed by atoms with E-state index >= 15 is 0 Å². The van der Waals surface area contributed by atoms with Crippen LogP contribution in [0.4, 0.5) is 0 Å². The van der Waals surface area contributed by atoms with Crippen LogP contribution in [0.5, 0.6) is 0 Å². The van der Waals surface area contributed by atoms with Gasteiger partial charge in [0.25, 0.3) is 0 Å². The van der Waals surface area contributed by atoms with Gasteiger partial charge in [-0.1, -0.05) is 167 Å². The number of nitrogens with one attached hydrogen (secondary N) is 12. The Balaban J connectivity index is 1.93. The van der Waals surface area contributed by atoms with Gasteiger partial charge < -0.3 is 97.6 Å². The zero-order chi connectivity index (χ0) is 85.0. The van der Waals surface area contributed by atoms with Gasteiger partial charge in [-0.15, -0.1) is 0 Å². The molecule has 3 aromatic carbocycles. The summed E-state index contributed by atoms with van der Waals surface area (Å²) in [5, 5.41) is 43.3. The van der Waals surface area contributed by atoms with E-state index < -0.39 is 161 Å². The molecule has 0 aliphatic rings. The molecule has 0 saturated carbocycles. The summed E-state index contributed by atoms with van der Waals surface area (Å²) < 4.78 is 0. The normalized spacial score (nSPS) is 14.9. The summed E-state index contributed by atoms with van der Waals surface area (Å²) >= 11 is 0. The monoisotopic (exact) mass is 1590 g/mol. The zero-order valence-corrected chi connectivity index (χ0v) is 69.0. The number of carboxylic acid groups (broad SMARTS) is 1. The topological polar surface area (TPSA) is 517 Å². The van der Waals surface area contributed by atoms with E-state index in [1.807, 2.05) is 55.4 Å². The third kappa shape index (κ3) is 38.1. The summed E-state index contributed by atoms with van der Waals surface area (Å²) in [6, 6.07) is 10.1. The van der Waals surface area contributed by atoms with Crippen molar-refractivity contribution in [3.63, 3.8) is 0 Å². The average Bonchev–Trinajstić information content (AvgIpc) is 0.848. The van der Waals surface area contributed by atoms with E-state index in [-0.39, 0.29) is 94.4 Å². The molecule has 0 aromatic heterocycles. The van der Waals surface area contributed by atoms with Crippen LogP contribution < -0.4 is 92.5 Å². The Morgan fingerprint density at radius 1 is 0.281 bits per heavy atom. The van der Waals surface area contributed by atoms with E-state index in [0.29, 0.717) is 94.1 Å². The van der Waals surface area contributed by atoms with E-state index in [9.17, 15) is 67.4 Å². The minimum atomic E-state index is -1.37. The summed E-state index contributed by atoms with van der Waals surface area (Å²) in [5.41, 5.74) is 31.3. The van der Waals surface area contributed by atoms with Crippen LogP contribution in [0.3, 0.4) is 0 Å². The number of carbonyl (C=O) groups excluding carboxylic acids is 12. The largest absolute Gasteiger partial charge is 0.480 e. The van der Waals surface area contributed by atoms with Crippen LogP contribution in [-0.4, -0.2) is 187 Å². The molecule has 0 spiro atoms. The molecule has 0 bridgehead atoms. The molecule has 0 heterocycles. The molecule has 13 atom stereocenters. The third-order valence-electron chi connectivity index (χ3n) is 19.1. The van der Waals surface area contributed by atoms with Gasteiger partial charge in [0.1, 0.15) is 72.5 Å². The van der Waals surface area contributed by atoms with Gasteiger partial charge in [0.15, 0.2) is 0 Å². The lowest BCUT2D eigenvalue weighted by Crippen LogP contribution is -2.61. The van der Waals surface area contributed by atoms with Crippen molar-refractivity contribution >= 4 is 76.9 Å². The van der Waals surface area contributed by atoms with Gasteiger partial charge in [0, 0.05) is 19.3 Å². The minimum absolute atomic E-state index is 0.0342. The highest BCUT2D eigenvalue weighted by Gasteiger charge is 2.38. The molecule has 3 rings (SSSR count). The summed E-state index contributed by atoms with van der Waals surface area (Å²) in [7, 11) is 0. The van der Waals surface area contributed by atoms with Gasteiger partial charge in [-0.2, -0.15) is 0 Å². The molecule has 3 aromatic rings. The van der Waals surface area contributed by atoms with Crippen LogP contribution in [0.15, 0.2) is 91.0 Å². The van der Waals surface area contributed by atoms with Crippen LogP contribution in [0.1, 0.15) is 196 Å². The first kappa shape index (κ1) is 98.8. The Bertz CT molecular complexity index is 3460. The molecule has 0 unspecified atom stereocenters. The number of hydrogen-bond acceptors (Lipinski definition) is 18. The van der Waals surface area contributed by atoms with E-state index in [1.165, 1.54) is 6.92 Å². The fraction of sp³-hybridized carbons (Fsp3) is 0.627. The van der Waals surface area contributed by atoms with Crippen molar-refractivity contribution in [1.82, 2.24) is 63.8 Å². The fourth-order valence-electron chi connectivity index (χ4n) is 12.8. The summed E-state index contributed by atoms with van der Waals surface area (Å²) in [5.74, 6) is -11.4. The molecular weight excluding hydrogens is 1460 g/mol. The van der Waals surface area contributed by atoms with Crippen molar-refractivity contribution in [2.45, 2.75) is 277 Å². The fourth-order valence-corrected chi connectivity index (χ4v) is 12.8. The summed E-state index contributed by atoms with van der Waals surface area (Å²) in [6.45, 7) is 20.6. The molecule has 23 N–H and O–H groups in total. The molecule has 0 aliphatic carbocycles. The first-order valence-corrected chi connectivity index (χ1v) is 40.7. The quantitative estimate of drug-likeness (QED) is 0.0361. The second-order valence-corrected chi connectivity index (χ2v) is 31.7. The average molecular weight is 1600 g/mol. The van der Waals surface area contributed by atoms with Gasteiger partial charge in [-0.25, -0.2) is 4.79 Å². The summed E-state index contributed by atoms with van der Waals surface area (Å²) in [6.07, 6.45) is 4.89. The van der Waals surface area contributed by atoms with Crippen molar-refractivity contribution in [3.8, 4) is 0 Å². The number of aliphatic carboxylic acids is 1. The van der Waals surface area contributed by atoms with Gasteiger partial charge in [-0.05, 0) is 176 Å². The highest BCUT2D eigenvalue weighted by molar-refractivity contribution is 6.00. The van der Waals surface area contributed by atoms with Gasteiger partial charge >= 0.3 is 5.97 Å². The predicted octanol–water partition coefficient (Wildman–Crippen LogP) is 2.32. The lowest BCUT2D eigenvalue weighted by atomic mass is 9.98. The second kappa shape index (κ2) is 53.6. The van der Waals surface area contributed by atoms with Crippen LogP contribution in [0, 0.1) is 29.6 Å². The van der Waals surface area contributed by atoms with E-state index in [4.69, 9.17) is 28.7 Å². The Hall–Kier alpha value is -9.43. The molecule has 0 radical (unpaired) electrons. The molecule has 0 fully saturated rings. The standard InChI is InChI=1S/C83H135N17O14/c1-50(2)43-63(95-78(108)65(45-52(5)6)96-77(107)64(44-51(3)4)94-75(105)62(38-24-28-42-87)92-74(104)61(37-23-27-41-86)91-73(103)60(36-22-26-40-85)90-72(102)59(88)35-21-25-39-84)76(106)89-55(11)71(101)93-67(47-56-29-15-12-16-30-56)80(110)97-66(46-53(7)8)79(109)98-68(48-57-31-17-13-18-32-57)81(111)99-69(49-58-33-19-14-20-34-58)82(112)100-70(54(9)10)83(113)114/h12-20,29-34,50-55,59-70H,21-28,35-49,84-88H2,1-11H3,(H,89,106)(H,90,102)(H,91,103)(H,92,104)(H,93,101)(H,94,105)(H,95,108)(H,96,107)(H,97,110)(H,98,109)(H,99,111)(H,100,112)(H,113,114)/t55-,59-,60-,61-,62-,63-,64-,65-,66-,67-,68-,69-,70-/m0/s1. The van der Waals surface area contributed by atoms with Crippen LogP contribution in [0.2, 0.25) is 0 Å². The molecule has 114 heavy (non-hydrogen) atoms. The molecule has 0 aliphatic heterocycles.